The zero-order valence-electron chi connectivity index (χ0n) is 10.1. The SMILES string of the molecule is CC(Nc1ccc(Cl)cc1Cl)c1ccc(F)cc1Cl. The van der Waals surface area contributed by atoms with E-state index in [1.54, 1.807) is 24.3 Å². The average molecular weight is 319 g/mol. The molecule has 100 valence electrons. The molecule has 0 radical (unpaired) electrons. The molecule has 0 aromatic heterocycles. The fourth-order valence-corrected chi connectivity index (χ4v) is 2.56. The van der Waals surface area contributed by atoms with Gasteiger partial charge in [-0.25, -0.2) is 4.39 Å². The highest BCUT2D eigenvalue weighted by atomic mass is 35.5. The van der Waals surface area contributed by atoms with E-state index in [1.807, 2.05) is 6.92 Å². The molecular weight excluding hydrogens is 308 g/mol. The lowest BCUT2D eigenvalue weighted by Crippen LogP contribution is -2.07. The smallest absolute Gasteiger partial charge is 0.124 e. The van der Waals surface area contributed by atoms with Crippen molar-refractivity contribution < 1.29 is 4.39 Å². The van der Waals surface area contributed by atoms with Crippen molar-refractivity contribution in [2.45, 2.75) is 13.0 Å². The first-order valence-electron chi connectivity index (χ1n) is 5.64. The van der Waals surface area contributed by atoms with Crippen molar-refractivity contribution in [3.05, 3.63) is 62.8 Å². The molecule has 1 N–H and O–H groups in total. The molecule has 2 aromatic rings. The number of anilines is 1. The molecule has 0 aliphatic rings. The molecule has 5 heteroatoms. The van der Waals surface area contributed by atoms with Gasteiger partial charge >= 0.3 is 0 Å². The maximum Gasteiger partial charge on any atom is 0.124 e. The van der Waals surface area contributed by atoms with Gasteiger partial charge in [0.05, 0.1) is 16.8 Å². The van der Waals surface area contributed by atoms with Crippen LogP contribution in [-0.2, 0) is 0 Å². The van der Waals surface area contributed by atoms with Crippen molar-refractivity contribution in [2.75, 3.05) is 5.32 Å². The topological polar surface area (TPSA) is 12.0 Å². The monoisotopic (exact) mass is 317 g/mol. The van der Waals surface area contributed by atoms with E-state index in [4.69, 9.17) is 34.8 Å². The van der Waals surface area contributed by atoms with E-state index < -0.39 is 0 Å². The Hall–Kier alpha value is -0.960. The predicted octanol–water partition coefficient (Wildman–Crippen LogP) is 5.96. The highest BCUT2D eigenvalue weighted by molar-refractivity contribution is 6.36. The summed E-state index contributed by atoms with van der Waals surface area (Å²) in [6.45, 7) is 1.92. The Morgan fingerprint density at radius 2 is 1.74 bits per heavy atom. The molecule has 0 saturated heterocycles. The Morgan fingerprint density at radius 3 is 2.37 bits per heavy atom. The second-order valence-corrected chi connectivity index (χ2v) is 5.41. The maximum atomic E-state index is 13.0. The van der Waals surface area contributed by atoms with Crippen LogP contribution in [0.5, 0.6) is 0 Å². The molecule has 1 nitrogen and oxygen atoms in total. The number of hydrogen-bond acceptors (Lipinski definition) is 1. The van der Waals surface area contributed by atoms with E-state index in [-0.39, 0.29) is 11.9 Å². The number of hydrogen-bond donors (Lipinski definition) is 1. The van der Waals surface area contributed by atoms with Gasteiger partial charge in [-0.3, -0.25) is 0 Å². The summed E-state index contributed by atoms with van der Waals surface area (Å²) in [4.78, 5) is 0. The lowest BCUT2D eigenvalue weighted by Gasteiger charge is -2.18. The first-order chi connectivity index (χ1) is 8.97. The summed E-state index contributed by atoms with van der Waals surface area (Å²) >= 11 is 17.9. The highest BCUT2D eigenvalue weighted by Crippen LogP contribution is 2.31. The molecule has 0 fully saturated rings. The Morgan fingerprint density at radius 1 is 1.00 bits per heavy atom. The third-order valence-corrected chi connectivity index (χ3v) is 3.61. The lowest BCUT2D eigenvalue weighted by atomic mass is 10.1. The van der Waals surface area contributed by atoms with Crippen LogP contribution in [0.2, 0.25) is 15.1 Å². The van der Waals surface area contributed by atoms with E-state index in [0.717, 1.165) is 11.3 Å². The minimum atomic E-state index is -0.356. The Bertz CT molecular complexity index is 601. The maximum absolute atomic E-state index is 13.0. The van der Waals surface area contributed by atoms with Crippen LogP contribution < -0.4 is 5.32 Å². The fourth-order valence-electron chi connectivity index (χ4n) is 1.77. The molecule has 0 aliphatic heterocycles. The third kappa shape index (κ3) is 3.53. The van der Waals surface area contributed by atoms with Crippen molar-refractivity contribution in [1.29, 1.82) is 0 Å². The van der Waals surface area contributed by atoms with Gasteiger partial charge in [0.25, 0.3) is 0 Å². The molecule has 1 atom stereocenters. The zero-order chi connectivity index (χ0) is 14.0. The first-order valence-corrected chi connectivity index (χ1v) is 6.77. The molecule has 0 heterocycles. The Labute approximate surface area is 126 Å². The summed E-state index contributed by atoms with van der Waals surface area (Å²) in [5, 5.41) is 4.69. The van der Waals surface area contributed by atoms with Gasteiger partial charge in [-0.15, -0.1) is 0 Å². The molecule has 0 saturated carbocycles. The van der Waals surface area contributed by atoms with Crippen LogP contribution in [0, 0.1) is 5.82 Å². The largest absolute Gasteiger partial charge is 0.377 e. The first kappa shape index (κ1) is 14.4. The van der Waals surface area contributed by atoms with Crippen LogP contribution in [0.25, 0.3) is 0 Å². The fraction of sp³-hybridized carbons (Fsp3) is 0.143. The molecule has 0 amide bonds. The van der Waals surface area contributed by atoms with Crippen LogP contribution >= 0.6 is 34.8 Å². The van der Waals surface area contributed by atoms with Crippen LogP contribution in [0.1, 0.15) is 18.5 Å². The van der Waals surface area contributed by atoms with Crippen LogP contribution in [0.4, 0.5) is 10.1 Å². The highest BCUT2D eigenvalue weighted by Gasteiger charge is 2.12. The molecule has 0 spiro atoms. The van der Waals surface area contributed by atoms with Crippen molar-refractivity contribution in [2.24, 2.45) is 0 Å². The molecule has 2 rings (SSSR count). The van der Waals surface area contributed by atoms with Crippen LogP contribution in [0.15, 0.2) is 36.4 Å². The van der Waals surface area contributed by atoms with Gasteiger partial charge in [-0.2, -0.15) is 0 Å². The van der Waals surface area contributed by atoms with Crippen LogP contribution in [-0.4, -0.2) is 0 Å². The second-order valence-electron chi connectivity index (χ2n) is 4.16. The molecule has 0 aliphatic carbocycles. The third-order valence-electron chi connectivity index (χ3n) is 2.73. The van der Waals surface area contributed by atoms with Gasteiger partial charge in [0, 0.05) is 10.0 Å². The molecule has 0 bridgehead atoms. The van der Waals surface area contributed by atoms with Gasteiger partial charge in [0.15, 0.2) is 0 Å². The molecular formula is C14H11Cl3FN. The minimum absolute atomic E-state index is 0.105. The summed E-state index contributed by atoms with van der Waals surface area (Å²) in [5.41, 5.74) is 1.55. The average Bonchev–Trinajstić information content (AvgIpc) is 2.32. The van der Waals surface area contributed by atoms with Crippen molar-refractivity contribution in [1.82, 2.24) is 0 Å². The molecule has 19 heavy (non-hydrogen) atoms. The predicted molar refractivity (Wildman–Crippen MR) is 79.9 cm³/mol. The van der Waals surface area contributed by atoms with Gasteiger partial charge in [-0.1, -0.05) is 40.9 Å². The van der Waals surface area contributed by atoms with Gasteiger partial charge in [-0.05, 0) is 42.8 Å². The van der Waals surface area contributed by atoms with E-state index >= 15 is 0 Å². The zero-order valence-corrected chi connectivity index (χ0v) is 12.3. The number of halogens is 4. The van der Waals surface area contributed by atoms with Crippen molar-refractivity contribution >= 4 is 40.5 Å². The van der Waals surface area contributed by atoms with Crippen molar-refractivity contribution in [3.63, 3.8) is 0 Å². The van der Waals surface area contributed by atoms with Crippen LogP contribution in [0.3, 0.4) is 0 Å². The number of rotatable bonds is 3. The molecule has 1 unspecified atom stereocenters. The lowest BCUT2D eigenvalue weighted by molar-refractivity contribution is 0.626. The summed E-state index contributed by atoms with van der Waals surface area (Å²) in [6.07, 6.45) is 0. The van der Waals surface area contributed by atoms with E-state index in [0.29, 0.717) is 15.1 Å². The van der Waals surface area contributed by atoms with Crippen molar-refractivity contribution in [3.8, 4) is 0 Å². The van der Waals surface area contributed by atoms with Gasteiger partial charge < -0.3 is 5.32 Å². The standard InChI is InChI=1S/C14H11Cl3FN/c1-8(11-4-3-10(18)7-12(11)16)19-14-5-2-9(15)6-13(14)17/h2-8,19H,1H3. The quantitative estimate of drug-likeness (QED) is 0.736. The van der Waals surface area contributed by atoms with Gasteiger partial charge in [0.2, 0.25) is 0 Å². The summed E-state index contributed by atoms with van der Waals surface area (Å²) in [5.74, 6) is -0.356. The number of nitrogens with one attached hydrogen (secondary N) is 1. The minimum Gasteiger partial charge on any atom is -0.377 e. The summed E-state index contributed by atoms with van der Waals surface area (Å²) in [7, 11) is 0. The summed E-state index contributed by atoms with van der Waals surface area (Å²) < 4.78 is 13.0. The van der Waals surface area contributed by atoms with Gasteiger partial charge in [0.1, 0.15) is 5.82 Å². The summed E-state index contributed by atoms with van der Waals surface area (Å²) in [6, 6.07) is 9.41. The number of benzene rings is 2. The second kappa shape index (κ2) is 6.00. The normalized spacial score (nSPS) is 12.3. The van der Waals surface area contributed by atoms with E-state index in [9.17, 15) is 4.39 Å². The Balaban J connectivity index is 2.23. The Kier molecular flexibility index (Phi) is 4.56. The van der Waals surface area contributed by atoms with E-state index in [2.05, 4.69) is 5.32 Å². The molecule has 2 aromatic carbocycles. The van der Waals surface area contributed by atoms with E-state index in [1.165, 1.54) is 12.1 Å².